The maximum absolute atomic E-state index is 11.3. The number of esters is 1. The van der Waals surface area contributed by atoms with Gasteiger partial charge in [0.2, 0.25) is 0 Å². The minimum absolute atomic E-state index is 0.0979. The third kappa shape index (κ3) is 6.45. The van der Waals surface area contributed by atoms with E-state index in [1.807, 2.05) is 45.0 Å². The molecule has 0 amide bonds. The molecule has 0 bridgehead atoms. The number of carbonyl (C=O) groups is 1. The van der Waals surface area contributed by atoms with Gasteiger partial charge >= 0.3 is 5.97 Å². The summed E-state index contributed by atoms with van der Waals surface area (Å²) in [5.74, 6) is 0.0325. The first-order valence-corrected chi connectivity index (χ1v) is 6.30. The number of carbonyl (C=O) groups excluding carboxylic acids is 1. The molecule has 0 saturated heterocycles. The lowest BCUT2D eigenvalue weighted by molar-refractivity contribution is -0.147. The molecule has 0 atom stereocenters. The van der Waals surface area contributed by atoms with Gasteiger partial charge in [-0.1, -0.05) is 12.1 Å². The molecule has 5 nitrogen and oxygen atoms in total. The van der Waals surface area contributed by atoms with E-state index >= 15 is 0 Å². The molecule has 1 rings (SSSR count). The highest BCUT2D eigenvalue weighted by Gasteiger charge is 2.04. The quantitative estimate of drug-likeness (QED) is 0.484. The Morgan fingerprint density at radius 2 is 2.21 bits per heavy atom. The molecule has 0 saturated carbocycles. The average Bonchev–Trinajstić information content (AvgIpc) is 2.27. The summed E-state index contributed by atoms with van der Waals surface area (Å²) in [5, 5.41) is 2.97. The van der Waals surface area contributed by atoms with Gasteiger partial charge in [-0.05, 0) is 38.5 Å². The van der Waals surface area contributed by atoms with Gasteiger partial charge in [-0.15, -0.1) is 0 Å². The largest absolute Gasteiger partial charge is 0.463 e. The molecule has 1 aromatic carbocycles. The van der Waals surface area contributed by atoms with Gasteiger partial charge in [-0.2, -0.15) is 0 Å². The normalized spacial score (nSPS) is 11.5. The topological polar surface area (TPSA) is 76.7 Å². The summed E-state index contributed by atoms with van der Waals surface area (Å²) in [5.41, 5.74) is 7.75. The Bertz CT molecular complexity index is 456. The zero-order chi connectivity index (χ0) is 14.3. The first-order valence-electron chi connectivity index (χ1n) is 6.30. The number of nitrogens with two attached hydrogens (primary N) is 1. The number of nitrogens with zero attached hydrogens (tertiary/aromatic N) is 1. The van der Waals surface area contributed by atoms with Gasteiger partial charge in [0.05, 0.1) is 19.1 Å². The van der Waals surface area contributed by atoms with Crippen molar-refractivity contribution in [2.45, 2.75) is 33.3 Å². The summed E-state index contributed by atoms with van der Waals surface area (Å²) in [4.78, 5) is 15.4. The van der Waals surface area contributed by atoms with Crippen molar-refractivity contribution in [3.63, 3.8) is 0 Å². The van der Waals surface area contributed by atoms with Crippen LogP contribution in [0.2, 0.25) is 0 Å². The highest BCUT2D eigenvalue weighted by Crippen LogP contribution is 2.08. The van der Waals surface area contributed by atoms with Gasteiger partial charge in [-0.3, -0.25) is 9.79 Å². The van der Waals surface area contributed by atoms with E-state index in [1.165, 1.54) is 0 Å². The summed E-state index contributed by atoms with van der Waals surface area (Å²) in [6, 6.07) is 7.81. The van der Waals surface area contributed by atoms with Crippen molar-refractivity contribution in [1.82, 2.24) is 0 Å². The van der Waals surface area contributed by atoms with E-state index in [1.54, 1.807) is 0 Å². The first-order chi connectivity index (χ1) is 8.97. The van der Waals surface area contributed by atoms with Crippen molar-refractivity contribution < 1.29 is 9.53 Å². The van der Waals surface area contributed by atoms with Gasteiger partial charge in [0.1, 0.15) is 0 Å². The standard InChI is InChI=1S/C14H21N3O2/c1-10(2)19-13(18)7-8-16-14(15)17-12-6-4-5-11(3)9-12/h4-6,9-10H,7-8H2,1-3H3,(H3,15,16,17). The Balaban J connectivity index is 2.39. The highest BCUT2D eigenvalue weighted by molar-refractivity contribution is 5.92. The fourth-order valence-corrected chi connectivity index (χ4v) is 1.50. The first kappa shape index (κ1) is 15.0. The van der Waals surface area contributed by atoms with Crippen LogP contribution in [0, 0.1) is 6.92 Å². The van der Waals surface area contributed by atoms with Gasteiger partial charge in [0.15, 0.2) is 5.96 Å². The monoisotopic (exact) mass is 263 g/mol. The van der Waals surface area contributed by atoms with Crippen LogP contribution in [0.1, 0.15) is 25.8 Å². The van der Waals surface area contributed by atoms with Gasteiger partial charge in [0.25, 0.3) is 0 Å². The number of ether oxygens (including phenoxy) is 1. The molecule has 0 radical (unpaired) electrons. The van der Waals surface area contributed by atoms with Crippen LogP contribution in [0.5, 0.6) is 0 Å². The van der Waals surface area contributed by atoms with Crippen LogP contribution in [0.25, 0.3) is 0 Å². The van der Waals surface area contributed by atoms with Crippen LogP contribution in [0.3, 0.4) is 0 Å². The van der Waals surface area contributed by atoms with E-state index in [2.05, 4.69) is 10.3 Å². The Morgan fingerprint density at radius 1 is 1.47 bits per heavy atom. The van der Waals surface area contributed by atoms with Crippen LogP contribution < -0.4 is 11.1 Å². The molecule has 0 heterocycles. The molecule has 0 aliphatic heterocycles. The summed E-state index contributed by atoms with van der Waals surface area (Å²) < 4.78 is 5.00. The number of anilines is 1. The second-order valence-electron chi connectivity index (χ2n) is 4.55. The fourth-order valence-electron chi connectivity index (χ4n) is 1.50. The molecule has 5 heteroatoms. The third-order valence-corrected chi connectivity index (χ3v) is 2.26. The lowest BCUT2D eigenvalue weighted by Crippen LogP contribution is -2.23. The molecule has 104 valence electrons. The Kier molecular flexibility index (Phi) is 5.85. The Labute approximate surface area is 113 Å². The van der Waals surface area contributed by atoms with Crippen LogP contribution in [0.15, 0.2) is 29.3 Å². The SMILES string of the molecule is Cc1cccc(NC(N)=NCCC(=O)OC(C)C)c1. The summed E-state index contributed by atoms with van der Waals surface area (Å²) in [6.45, 7) is 5.94. The molecular weight excluding hydrogens is 242 g/mol. The predicted octanol–water partition coefficient (Wildman–Crippen LogP) is 2.06. The number of hydrogen-bond acceptors (Lipinski definition) is 3. The van der Waals surface area contributed by atoms with Crippen molar-refractivity contribution in [3.8, 4) is 0 Å². The maximum atomic E-state index is 11.3. The van der Waals surface area contributed by atoms with Crippen molar-refractivity contribution in [2.24, 2.45) is 10.7 Å². The zero-order valence-electron chi connectivity index (χ0n) is 11.6. The molecule has 0 unspecified atom stereocenters. The van der Waals surface area contributed by atoms with Crippen LogP contribution in [-0.2, 0) is 9.53 Å². The van der Waals surface area contributed by atoms with Crippen LogP contribution >= 0.6 is 0 Å². The van der Waals surface area contributed by atoms with Crippen molar-refractivity contribution in [2.75, 3.05) is 11.9 Å². The fraction of sp³-hybridized carbons (Fsp3) is 0.429. The lowest BCUT2D eigenvalue weighted by Gasteiger charge is -2.07. The van der Waals surface area contributed by atoms with E-state index in [0.717, 1.165) is 11.3 Å². The highest BCUT2D eigenvalue weighted by atomic mass is 16.5. The second-order valence-corrected chi connectivity index (χ2v) is 4.55. The molecule has 0 fully saturated rings. The number of guanidine groups is 1. The summed E-state index contributed by atoms with van der Waals surface area (Å²) >= 11 is 0. The number of aliphatic imine (C=N–C) groups is 1. The molecule has 3 N–H and O–H groups in total. The smallest absolute Gasteiger partial charge is 0.307 e. The predicted molar refractivity (Wildman–Crippen MR) is 77.1 cm³/mol. The number of benzene rings is 1. The van der Waals surface area contributed by atoms with Crippen molar-refractivity contribution in [1.29, 1.82) is 0 Å². The lowest BCUT2D eigenvalue weighted by atomic mass is 10.2. The van der Waals surface area contributed by atoms with Gasteiger partial charge in [0, 0.05) is 5.69 Å². The van der Waals surface area contributed by atoms with E-state index in [-0.39, 0.29) is 18.5 Å². The average molecular weight is 263 g/mol. The van der Waals surface area contributed by atoms with Crippen molar-refractivity contribution in [3.05, 3.63) is 29.8 Å². The minimum Gasteiger partial charge on any atom is -0.463 e. The van der Waals surface area contributed by atoms with Crippen LogP contribution in [0.4, 0.5) is 5.69 Å². The van der Waals surface area contributed by atoms with Crippen LogP contribution in [-0.4, -0.2) is 24.6 Å². The molecule has 0 aromatic heterocycles. The van der Waals surface area contributed by atoms with Gasteiger partial charge < -0.3 is 15.8 Å². The molecular formula is C14H21N3O2. The van der Waals surface area contributed by atoms with Crippen molar-refractivity contribution >= 4 is 17.6 Å². The minimum atomic E-state index is -0.262. The zero-order valence-corrected chi connectivity index (χ0v) is 11.6. The Hall–Kier alpha value is -2.04. The number of aryl methyl sites for hydroxylation is 1. The number of rotatable bonds is 5. The molecule has 1 aromatic rings. The summed E-state index contributed by atoms with van der Waals surface area (Å²) in [7, 11) is 0. The second kappa shape index (κ2) is 7.41. The summed E-state index contributed by atoms with van der Waals surface area (Å²) in [6.07, 6.45) is 0.133. The number of nitrogens with one attached hydrogen (secondary N) is 1. The maximum Gasteiger partial charge on any atom is 0.307 e. The van der Waals surface area contributed by atoms with E-state index < -0.39 is 0 Å². The van der Waals surface area contributed by atoms with E-state index in [4.69, 9.17) is 10.5 Å². The van der Waals surface area contributed by atoms with Gasteiger partial charge in [-0.25, -0.2) is 0 Å². The molecule has 0 spiro atoms. The van der Waals surface area contributed by atoms with E-state index in [9.17, 15) is 4.79 Å². The Morgan fingerprint density at radius 3 is 2.84 bits per heavy atom. The molecule has 0 aliphatic carbocycles. The van der Waals surface area contributed by atoms with E-state index in [0.29, 0.717) is 12.5 Å². The molecule has 0 aliphatic rings. The number of hydrogen-bond donors (Lipinski definition) is 2. The molecule has 19 heavy (non-hydrogen) atoms. The third-order valence-electron chi connectivity index (χ3n) is 2.26.